The van der Waals surface area contributed by atoms with Crippen LogP contribution in [0.4, 0.5) is 0 Å². The predicted molar refractivity (Wildman–Crippen MR) is 73.4 cm³/mol. The van der Waals surface area contributed by atoms with E-state index in [1.54, 1.807) is 0 Å². The van der Waals surface area contributed by atoms with E-state index in [9.17, 15) is 5.11 Å². The fraction of sp³-hybridized carbons (Fsp3) is 0.294. The Balaban J connectivity index is 1.70. The van der Waals surface area contributed by atoms with Gasteiger partial charge in [0.05, 0.1) is 12.7 Å². The van der Waals surface area contributed by atoms with Crippen molar-refractivity contribution >= 4 is 0 Å². The molecule has 2 heteroatoms. The van der Waals surface area contributed by atoms with E-state index < -0.39 is 0 Å². The molecule has 4 rings (SSSR count). The first-order chi connectivity index (χ1) is 9.36. The summed E-state index contributed by atoms with van der Waals surface area (Å²) in [6.07, 6.45) is -0.294. The highest BCUT2D eigenvalue weighted by atomic mass is 16.5. The minimum Gasteiger partial charge on any atom is -0.493 e. The van der Waals surface area contributed by atoms with E-state index in [-0.39, 0.29) is 17.9 Å². The summed E-state index contributed by atoms with van der Waals surface area (Å²) in [6.45, 7) is 0.707. The molecule has 4 atom stereocenters. The Morgan fingerprint density at radius 1 is 0.895 bits per heavy atom. The zero-order valence-corrected chi connectivity index (χ0v) is 10.6. The maximum Gasteiger partial charge on any atom is 0.122 e. The Labute approximate surface area is 112 Å². The van der Waals surface area contributed by atoms with Crippen molar-refractivity contribution in [1.82, 2.24) is 0 Å². The Hall–Kier alpha value is -1.80. The monoisotopic (exact) mass is 252 g/mol. The van der Waals surface area contributed by atoms with Crippen LogP contribution in [0.2, 0.25) is 0 Å². The third kappa shape index (κ3) is 1.53. The summed E-state index contributed by atoms with van der Waals surface area (Å²) in [6, 6.07) is 18.4. The van der Waals surface area contributed by atoms with Gasteiger partial charge in [-0.1, -0.05) is 48.5 Å². The van der Waals surface area contributed by atoms with Crippen LogP contribution in [0, 0.1) is 5.92 Å². The molecule has 0 spiro atoms. The lowest BCUT2D eigenvalue weighted by molar-refractivity contribution is -0.0496. The van der Waals surface area contributed by atoms with Crippen molar-refractivity contribution in [3.63, 3.8) is 0 Å². The second-order valence-corrected chi connectivity index (χ2v) is 5.47. The van der Waals surface area contributed by atoms with Gasteiger partial charge in [-0.25, -0.2) is 0 Å². The summed E-state index contributed by atoms with van der Waals surface area (Å²) in [5, 5.41) is 10.5. The highest BCUT2D eigenvalue weighted by Gasteiger charge is 2.53. The molecular formula is C17H16O2. The highest BCUT2D eigenvalue weighted by Crippen LogP contribution is 2.56. The van der Waals surface area contributed by atoms with Crippen molar-refractivity contribution in [3.05, 3.63) is 65.7 Å². The van der Waals surface area contributed by atoms with Gasteiger partial charge >= 0.3 is 0 Å². The second kappa shape index (κ2) is 4.10. The van der Waals surface area contributed by atoms with E-state index in [0.717, 1.165) is 5.75 Å². The molecular weight excluding hydrogens is 236 g/mol. The largest absolute Gasteiger partial charge is 0.493 e. The molecule has 19 heavy (non-hydrogen) atoms. The Bertz CT molecular complexity index is 593. The van der Waals surface area contributed by atoms with Crippen LogP contribution in [0.1, 0.15) is 23.0 Å². The van der Waals surface area contributed by atoms with Crippen LogP contribution in [-0.2, 0) is 0 Å². The van der Waals surface area contributed by atoms with Crippen LogP contribution in [-0.4, -0.2) is 17.8 Å². The van der Waals surface area contributed by atoms with Gasteiger partial charge in [0.25, 0.3) is 0 Å². The lowest BCUT2D eigenvalue weighted by atomic mass is 9.57. The summed E-state index contributed by atoms with van der Waals surface area (Å²) in [5.74, 6) is 1.77. The molecule has 1 heterocycles. The number of aliphatic hydroxyl groups excluding tert-OH is 1. The van der Waals surface area contributed by atoms with Gasteiger partial charge in [-0.3, -0.25) is 0 Å². The van der Waals surface area contributed by atoms with Crippen LogP contribution in [0.3, 0.4) is 0 Å². The topological polar surface area (TPSA) is 29.5 Å². The molecule has 96 valence electrons. The first kappa shape index (κ1) is 11.1. The van der Waals surface area contributed by atoms with E-state index in [1.807, 2.05) is 36.4 Å². The third-order valence-corrected chi connectivity index (χ3v) is 4.55. The minimum absolute atomic E-state index is 0.208. The maximum atomic E-state index is 10.5. The number of aliphatic hydroxyl groups is 1. The van der Waals surface area contributed by atoms with Gasteiger partial charge in [-0.2, -0.15) is 0 Å². The molecule has 0 aromatic heterocycles. The van der Waals surface area contributed by atoms with Crippen molar-refractivity contribution in [3.8, 4) is 5.75 Å². The van der Waals surface area contributed by atoms with Crippen molar-refractivity contribution in [2.45, 2.75) is 17.9 Å². The second-order valence-electron chi connectivity index (χ2n) is 5.47. The van der Waals surface area contributed by atoms with E-state index >= 15 is 0 Å². The fourth-order valence-corrected chi connectivity index (χ4v) is 3.62. The molecule has 1 aliphatic carbocycles. The zero-order chi connectivity index (χ0) is 12.8. The Kier molecular flexibility index (Phi) is 2.39. The summed E-state index contributed by atoms with van der Waals surface area (Å²) in [5.41, 5.74) is 2.39. The van der Waals surface area contributed by atoms with E-state index in [0.29, 0.717) is 12.5 Å². The standard InChI is InChI=1S/C17H16O2/c18-17-15(11-6-2-1-3-7-11)13-10-19-14-9-5-4-8-12(14)16(13)17/h1-9,13,15-18H,10H2/t13?,15?,16-,17?/m0/s1. The molecule has 1 saturated carbocycles. The lowest BCUT2D eigenvalue weighted by Crippen LogP contribution is -2.52. The molecule has 2 aromatic carbocycles. The smallest absolute Gasteiger partial charge is 0.122 e. The first-order valence-corrected chi connectivity index (χ1v) is 6.81. The van der Waals surface area contributed by atoms with Crippen LogP contribution < -0.4 is 4.74 Å². The molecule has 0 amide bonds. The molecule has 1 N–H and O–H groups in total. The van der Waals surface area contributed by atoms with Crippen LogP contribution in [0.25, 0.3) is 0 Å². The van der Waals surface area contributed by atoms with E-state index in [4.69, 9.17) is 4.74 Å². The number of benzene rings is 2. The number of rotatable bonds is 1. The number of para-hydroxylation sites is 1. The summed E-state index contributed by atoms with van der Waals surface area (Å²) >= 11 is 0. The molecule has 0 radical (unpaired) electrons. The molecule has 3 unspecified atom stereocenters. The summed E-state index contributed by atoms with van der Waals surface area (Å²) in [4.78, 5) is 0. The van der Waals surface area contributed by atoms with Crippen LogP contribution >= 0.6 is 0 Å². The first-order valence-electron chi connectivity index (χ1n) is 6.81. The molecule has 0 bridgehead atoms. The third-order valence-electron chi connectivity index (χ3n) is 4.55. The molecule has 2 nitrogen and oxygen atoms in total. The number of hydrogen-bond donors (Lipinski definition) is 1. The van der Waals surface area contributed by atoms with E-state index in [2.05, 4.69) is 18.2 Å². The summed E-state index contributed by atoms with van der Waals surface area (Å²) in [7, 11) is 0. The lowest BCUT2D eigenvalue weighted by Gasteiger charge is -2.52. The average Bonchev–Trinajstić information content (AvgIpc) is 2.46. The SMILES string of the molecule is OC1C(c2ccccc2)C2COc3ccccc3[C@H]12. The van der Waals surface area contributed by atoms with Crippen molar-refractivity contribution in [2.75, 3.05) is 6.61 Å². The zero-order valence-electron chi connectivity index (χ0n) is 10.6. The van der Waals surface area contributed by atoms with Gasteiger partial charge in [0.1, 0.15) is 5.75 Å². The molecule has 1 aliphatic heterocycles. The van der Waals surface area contributed by atoms with Gasteiger partial charge in [0, 0.05) is 23.3 Å². The Morgan fingerprint density at radius 3 is 2.47 bits per heavy atom. The molecule has 2 aromatic rings. The molecule has 0 saturated heterocycles. The quantitative estimate of drug-likeness (QED) is 0.845. The van der Waals surface area contributed by atoms with Gasteiger partial charge in [-0.15, -0.1) is 0 Å². The Morgan fingerprint density at radius 2 is 1.63 bits per heavy atom. The predicted octanol–water partition coefficient (Wildman–Crippen LogP) is 2.94. The minimum atomic E-state index is -0.294. The number of fused-ring (bicyclic) bond motifs is 3. The molecule has 2 aliphatic rings. The number of ether oxygens (including phenoxy) is 1. The molecule has 1 fully saturated rings. The van der Waals surface area contributed by atoms with E-state index in [1.165, 1.54) is 11.1 Å². The van der Waals surface area contributed by atoms with Crippen LogP contribution in [0.5, 0.6) is 5.75 Å². The van der Waals surface area contributed by atoms with Gasteiger partial charge in [0.15, 0.2) is 0 Å². The van der Waals surface area contributed by atoms with Crippen LogP contribution in [0.15, 0.2) is 54.6 Å². The normalized spacial score (nSPS) is 31.6. The fourth-order valence-electron chi connectivity index (χ4n) is 3.62. The van der Waals surface area contributed by atoms with Gasteiger partial charge < -0.3 is 9.84 Å². The van der Waals surface area contributed by atoms with Crippen molar-refractivity contribution in [2.24, 2.45) is 5.92 Å². The van der Waals surface area contributed by atoms with Gasteiger partial charge in [-0.05, 0) is 11.6 Å². The van der Waals surface area contributed by atoms with Crippen molar-refractivity contribution in [1.29, 1.82) is 0 Å². The maximum absolute atomic E-state index is 10.5. The number of hydrogen-bond acceptors (Lipinski definition) is 2. The van der Waals surface area contributed by atoms with Crippen molar-refractivity contribution < 1.29 is 9.84 Å². The van der Waals surface area contributed by atoms with Gasteiger partial charge in [0.2, 0.25) is 0 Å². The summed E-state index contributed by atoms with van der Waals surface area (Å²) < 4.78 is 5.85. The average molecular weight is 252 g/mol. The highest BCUT2D eigenvalue weighted by molar-refractivity contribution is 5.44.